The number of hydrogen-bond acceptors (Lipinski definition) is 1. The van der Waals surface area contributed by atoms with Gasteiger partial charge in [-0.05, 0) is 25.0 Å². The molecule has 1 aliphatic rings. The van der Waals surface area contributed by atoms with E-state index in [1.165, 1.54) is 6.07 Å². The van der Waals surface area contributed by atoms with Crippen molar-refractivity contribution in [2.75, 3.05) is 0 Å². The summed E-state index contributed by atoms with van der Waals surface area (Å²) in [7, 11) is 0. The largest absolute Gasteiger partial charge is 0.349 e. The van der Waals surface area contributed by atoms with E-state index in [9.17, 15) is 13.6 Å². The van der Waals surface area contributed by atoms with E-state index in [4.69, 9.17) is 0 Å². The van der Waals surface area contributed by atoms with E-state index < -0.39 is 11.6 Å². The third kappa shape index (κ3) is 1.60. The zero-order valence-electron chi connectivity index (χ0n) is 8.31. The fourth-order valence-corrected chi connectivity index (χ4v) is 1.81. The third-order valence-electron chi connectivity index (χ3n) is 2.72. The lowest BCUT2D eigenvalue weighted by molar-refractivity contribution is 0.0922. The lowest BCUT2D eigenvalue weighted by atomic mass is 9.93. The fraction of sp³-hybridized carbons (Fsp3) is 0.364. The van der Waals surface area contributed by atoms with Gasteiger partial charge in [0.05, 0.1) is 0 Å². The van der Waals surface area contributed by atoms with Gasteiger partial charge in [0.2, 0.25) is 0 Å². The predicted octanol–water partition coefficient (Wildman–Crippen LogP) is 2.03. The van der Waals surface area contributed by atoms with Crippen molar-refractivity contribution in [3.8, 4) is 0 Å². The van der Waals surface area contributed by atoms with Crippen LogP contribution in [0.2, 0.25) is 0 Å². The van der Waals surface area contributed by atoms with Crippen LogP contribution in [-0.4, -0.2) is 11.9 Å². The number of carbonyl (C=O) groups excluding carboxylic acids is 1. The Hall–Kier alpha value is -1.45. The summed E-state index contributed by atoms with van der Waals surface area (Å²) in [6, 6.07) is 2.22. The Morgan fingerprint density at radius 1 is 1.47 bits per heavy atom. The molecule has 4 heteroatoms. The highest BCUT2D eigenvalue weighted by Crippen LogP contribution is 2.22. The Morgan fingerprint density at radius 3 is 2.87 bits per heavy atom. The molecule has 0 aliphatic carbocycles. The quantitative estimate of drug-likeness (QED) is 0.756. The van der Waals surface area contributed by atoms with Crippen molar-refractivity contribution >= 4 is 5.91 Å². The minimum absolute atomic E-state index is 0.0960. The van der Waals surface area contributed by atoms with E-state index in [1.54, 1.807) is 0 Å². The highest BCUT2D eigenvalue weighted by atomic mass is 19.2. The van der Waals surface area contributed by atoms with Crippen LogP contribution in [0, 0.1) is 11.6 Å². The number of hydrogen-bond donors (Lipinski definition) is 1. The van der Waals surface area contributed by atoms with Gasteiger partial charge < -0.3 is 5.32 Å². The molecule has 2 rings (SSSR count). The highest BCUT2D eigenvalue weighted by molar-refractivity contribution is 5.97. The number of benzene rings is 1. The first-order valence-electron chi connectivity index (χ1n) is 4.91. The average Bonchev–Trinajstić information content (AvgIpc) is 2.23. The summed E-state index contributed by atoms with van der Waals surface area (Å²) >= 11 is 0. The van der Waals surface area contributed by atoms with Gasteiger partial charge in [0, 0.05) is 17.2 Å². The molecule has 1 aromatic rings. The molecular weight excluding hydrogens is 200 g/mol. The molecule has 1 aromatic carbocycles. The summed E-state index contributed by atoms with van der Waals surface area (Å²) in [6.07, 6.45) is 1.07. The van der Waals surface area contributed by atoms with Crippen LogP contribution < -0.4 is 5.32 Å². The Bertz CT molecular complexity index is 417. The normalized spacial score (nSPS) is 19.7. The van der Waals surface area contributed by atoms with Crippen LogP contribution in [0.1, 0.15) is 29.3 Å². The van der Waals surface area contributed by atoms with Crippen LogP contribution in [0.15, 0.2) is 12.1 Å². The van der Waals surface area contributed by atoms with Crippen molar-refractivity contribution in [2.45, 2.75) is 25.8 Å². The molecule has 80 valence electrons. The molecular formula is C11H11F2NO. The van der Waals surface area contributed by atoms with Crippen molar-refractivity contribution < 1.29 is 13.6 Å². The van der Waals surface area contributed by atoms with Crippen LogP contribution in [0.25, 0.3) is 0 Å². The second-order valence-electron chi connectivity index (χ2n) is 3.67. The number of rotatable bonds is 1. The lowest BCUT2D eigenvalue weighted by Gasteiger charge is -2.24. The van der Waals surface area contributed by atoms with Gasteiger partial charge in [-0.25, -0.2) is 8.78 Å². The SMILES string of the molecule is CCC1Cc2c(ccc(F)c2F)C(=O)N1. The summed E-state index contributed by atoms with van der Waals surface area (Å²) < 4.78 is 26.4. The average molecular weight is 211 g/mol. The second kappa shape index (κ2) is 3.61. The van der Waals surface area contributed by atoms with Crippen molar-refractivity contribution in [3.05, 3.63) is 34.9 Å². The summed E-state index contributed by atoms with van der Waals surface area (Å²) in [5.74, 6) is -2.10. The molecule has 0 saturated heterocycles. The van der Waals surface area contributed by atoms with Crippen molar-refractivity contribution in [3.63, 3.8) is 0 Å². The van der Waals surface area contributed by atoms with Gasteiger partial charge in [0.25, 0.3) is 5.91 Å². The van der Waals surface area contributed by atoms with Gasteiger partial charge in [-0.2, -0.15) is 0 Å². The topological polar surface area (TPSA) is 29.1 Å². The molecule has 1 N–H and O–H groups in total. The van der Waals surface area contributed by atoms with Crippen LogP contribution in [0.4, 0.5) is 8.78 Å². The maximum atomic E-state index is 13.4. The van der Waals surface area contributed by atoms with E-state index >= 15 is 0 Å². The van der Waals surface area contributed by atoms with Gasteiger partial charge in [0.15, 0.2) is 11.6 Å². The van der Waals surface area contributed by atoms with Gasteiger partial charge in [-0.1, -0.05) is 6.92 Å². The maximum Gasteiger partial charge on any atom is 0.251 e. The first kappa shape index (κ1) is 10.1. The van der Waals surface area contributed by atoms with Crippen molar-refractivity contribution in [1.82, 2.24) is 5.32 Å². The van der Waals surface area contributed by atoms with Crippen LogP contribution >= 0.6 is 0 Å². The number of amides is 1. The van der Waals surface area contributed by atoms with Crippen molar-refractivity contribution in [1.29, 1.82) is 0 Å². The monoisotopic (exact) mass is 211 g/mol. The fourth-order valence-electron chi connectivity index (χ4n) is 1.81. The van der Waals surface area contributed by atoms with Gasteiger partial charge in [0.1, 0.15) is 0 Å². The number of carbonyl (C=O) groups is 1. The minimum Gasteiger partial charge on any atom is -0.349 e. The molecule has 0 radical (unpaired) electrons. The molecule has 1 atom stereocenters. The smallest absolute Gasteiger partial charge is 0.251 e. The molecule has 2 nitrogen and oxygen atoms in total. The van der Waals surface area contributed by atoms with Crippen LogP contribution in [0.3, 0.4) is 0 Å². The molecule has 0 bridgehead atoms. The molecule has 0 saturated carbocycles. The molecule has 1 amide bonds. The van der Waals surface area contributed by atoms with Crippen molar-refractivity contribution in [2.24, 2.45) is 0 Å². The molecule has 1 unspecified atom stereocenters. The summed E-state index contributed by atoms with van der Waals surface area (Å²) in [5, 5.41) is 2.74. The molecule has 0 fully saturated rings. The molecule has 15 heavy (non-hydrogen) atoms. The first-order valence-corrected chi connectivity index (χ1v) is 4.91. The lowest BCUT2D eigenvalue weighted by Crippen LogP contribution is -2.41. The Balaban J connectivity index is 2.51. The van der Waals surface area contributed by atoms with E-state index in [0.29, 0.717) is 12.8 Å². The maximum absolute atomic E-state index is 13.4. The molecule has 0 aromatic heterocycles. The Labute approximate surface area is 86.3 Å². The Kier molecular flexibility index (Phi) is 2.42. The van der Waals surface area contributed by atoms with Crippen LogP contribution in [-0.2, 0) is 6.42 Å². The summed E-state index contributed by atoms with van der Waals surface area (Å²) in [5.41, 5.74) is 0.448. The highest BCUT2D eigenvalue weighted by Gasteiger charge is 2.26. The van der Waals surface area contributed by atoms with Gasteiger partial charge in [-0.3, -0.25) is 4.79 Å². The Morgan fingerprint density at radius 2 is 2.20 bits per heavy atom. The first-order chi connectivity index (χ1) is 7.13. The zero-order chi connectivity index (χ0) is 11.0. The van der Waals surface area contributed by atoms with E-state index in [-0.39, 0.29) is 23.1 Å². The zero-order valence-corrected chi connectivity index (χ0v) is 8.31. The summed E-state index contributed by atoms with van der Waals surface area (Å²) in [4.78, 5) is 11.5. The molecule has 0 spiro atoms. The van der Waals surface area contributed by atoms with Crippen LogP contribution in [0.5, 0.6) is 0 Å². The summed E-state index contributed by atoms with van der Waals surface area (Å²) in [6.45, 7) is 1.90. The molecule has 1 aliphatic heterocycles. The minimum atomic E-state index is -0.890. The number of nitrogens with one attached hydrogen (secondary N) is 1. The van der Waals surface area contributed by atoms with E-state index in [2.05, 4.69) is 5.32 Å². The number of halogens is 2. The standard InChI is InChI=1S/C11H11F2NO/c1-2-6-5-8-7(11(15)14-6)3-4-9(12)10(8)13/h3-4,6H,2,5H2,1H3,(H,14,15). The second-order valence-corrected chi connectivity index (χ2v) is 3.67. The van der Waals surface area contributed by atoms with Gasteiger partial charge >= 0.3 is 0 Å². The van der Waals surface area contributed by atoms with E-state index in [0.717, 1.165) is 6.07 Å². The molecule has 1 heterocycles. The number of fused-ring (bicyclic) bond motifs is 1. The predicted molar refractivity (Wildman–Crippen MR) is 51.6 cm³/mol. The third-order valence-corrected chi connectivity index (χ3v) is 2.72. The van der Waals surface area contributed by atoms with Gasteiger partial charge in [-0.15, -0.1) is 0 Å². The van der Waals surface area contributed by atoms with E-state index in [1.807, 2.05) is 6.92 Å².